The van der Waals surface area contributed by atoms with Gasteiger partial charge in [0.25, 0.3) is 5.91 Å². The minimum Gasteiger partial charge on any atom is -0.484 e. The molecule has 0 N–H and O–H groups in total. The highest BCUT2D eigenvalue weighted by Gasteiger charge is 2.28. The summed E-state index contributed by atoms with van der Waals surface area (Å²) in [5.74, 6) is 0.840. The summed E-state index contributed by atoms with van der Waals surface area (Å²) in [6.45, 7) is 7.17. The van der Waals surface area contributed by atoms with E-state index in [1.54, 1.807) is 40.5 Å². The van der Waals surface area contributed by atoms with Gasteiger partial charge >= 0.3 is 0 Å². The molecule has 1 aliphatic rings. The summed E-state index contributed by atoms with van der Waals surface area (Å²) in [6, 6.07) is 12.1. The first-order valence-corrected chi connectivity index (χ1v) is 11.7. The number of likely N-dealkylation sites (N-methyl/N-ethyl adjacent to an activating group) is 1. The predicted molar refractivity (Wildman–Crippen MR) is 118 cm³/mol. The number of amides is 1. The quantitative estimate of drug-likeness (QED) is 0.700. The maximum absolute atomic E-state index is 12.8. The third kappa shape index (κ3) is 5.02. The Bertz CT molecular complexity index is 994. The lowest BCUT2D eigenvalue weighted by Crippen LogP contribution is -2.37. The van der Waals surface area contributed by atoms with Gasteiger partial charge in [-0.25, -0.2) is 8.42 Å². The number of sulfonamides is 1. The fourth-order valence-corrected chi connectivity index (χ4v) is 4.87. The Labute approximate surface area is 179 Å². The van der Waals surface area contributed by atoms with Crippen LogP contribution < -0.4 is 9.64 Å². The van der Waals surface area contributed by atoms with Crippen LogP contribution in [-0.4, -0.2) is 45.4 Å². The number of anilines is 1. The molecular formula is C23H30N2O4S. The van der Waals surface area contributed by atoms with Gasteiger partial charge in [-0.2, -0.15) is 4.31 Å². The van der Waals surface area contributed by atoms with Gasteiger partial charge in [-0.3, -0.25) is 4.79 Å². The average molecular weight is 431 g/mol. The van der Waals surface area contributed by atoms with E-state index >= 15 is 0 Å². The lowest BCUT2D eigenvalue weighted by molar-refractivity contribution is -0.120. The number of aryl methyl sites for hydroxylation is 2. The van der Waals surface area contributed by atoms with Gasteiger partial charge in [0.2, 0.25) is 10.0 Å². The molecule has 0 bridgehead atoms. The molecule has 0 saturated carbocycles. The number of ether oxygens (including phenoxy) is 1. The molecule has 0 spiro atoms. The van der Waals surface area contributed by atoms with Crippen LogP contribution >= 0.6 is 0 Å². The third-order valence-electron chi connectivity index (χ3n) is 5.82. The van der Waals surface area contributed by atoms with Crippen LogP contribution in [-0.2, 0) is 14.8 Å². The SMILES string of the molecule is Cc1ccc(N(C)C(=O)COc2ccc(S(=O)(=O)N3CCC(C)CC3)cc2)cc1C. The van der Waals surface area contributed by atoms with Crippen LogP contribution in [0.3, 0.4) is 0 Å². The summed E-state index contributed by atoms with van der Waals surface area (Å²) in [5, 5.41) is 0. The molecule has 6 nitrogen and oxygen atoms in total. The van der Waals surface area contributed by atoms with E-state index in [0.717, 1.165) is 24.1 Å². The highest BCUT2D eigenvalue weighted by atomic mass is 32.2. The van der Waals surface area contributed by atoms with Crippen LogP contribution in [0.5, 0.6) is 5.75 Å². The first-order valence-electron chi connectivity index (χ1n) is 10.3. The van der Waals surface area contributed by atoms with Crippen molar-refractivity contribution in [3.8, 4) is 5.75 Å². The van der Waals surface area contributed by atoms with E-state index in [4.69, 9.17) is 4.74 Å². The molecule has 3 rings (SSSR count). The molecular weight excluding hydrogens is 400 g/mol. The predicted octanol–water partition coefficient (Wildman–Crippen LogP) is 3.77. The number of carbonyl (C=O) groups excluding carboxylic acids is 1. The van der Waals surface area contributed by atoms with Crippen LogP contribution in [0.1, 0.15) is 30.9 Å². The van der Waals surface area contributed by atoms with Gasteiger partial charge < -0.3 is 9.64 Å². The van der Waals surface area contributed by atoms with E-state index < -0.39 is 10.0 Å². The van der Waals surface area contributed by atoms with Gasteiger partial charge in [0.05, 0.1) is 4.90 Å². The van der Waals surface area contributed by atoms with E-state index in [2.05, 4.69) is 6.92 Å². The molecule has 1 amide bonds. The first kappa shape index (κ1) is 22.3. The molecule has 0 radical (unpaired) electrons. The van der Waals surface area contributed by atoms with Crippen LogP contribution in [0.25, 0.3) is 0 Å². The molecule has 0 aromatic heterocycles. The molecule has 30 heavy (non-hydrogen) atoms. The number of nitrogens with zero attached hydrogens (tertiary/aromatic N) is 2. The fraction of sp³-hybridized carbons (Fsp3) is 0.435. The average Bonchev–Trinajstić information content (AvgIpc) is 2.74. The molecule has 1 heterocycles. The second-order valence-corrected chi connectivity index (χ2v) is 10.0. The highest BCUT2D eigenvalue weighted by molar-refractivity contribution is 7.89. The zero-order valence-electron chi connectivity index (χ0n) is 18.1. The van der Waals surface area contributed by atoms with Crippen molar-refractivity contribution < 1.29 is 17.9 Å². The molecule has 0 unspecified atom stereocenters. The minimum atomic E-state index is -3.49. The molecule has 2 aromatic rings. The fourth-order valence-electron chi connectivity index (χ4n) is 3.40. The number of hydrogen-bond donors (Lipinski definition) is 0. The van der Waals surface area contributed by atoms with Crippen molar-refractivity contribution >= 4 is 21.6 Å². The molecule has 1 aliphatic heterocycles. The molecule has 1 fully saturated rings. The van der Waals surface area contributed by atoms with Crippen LogP contribution in [0, 0.1) is 19.8 Å². The molecule has 7 heteroatoms. The van der Waals surface area contributed by atoms with Crippen LogP contribution in [0.2, 0.25) is 0 Å². The van der Waals surface area contributed by atoms with E-state index in [0.29, 0.717) is 24.8 Å². The summed E-state index contributed by atoms with van der Waals surface area (Å²) in [7, 11) is -1.77. The Balaban J connectivity index is 1.60. The normalized spacial score (nSPS) is 15.7. The summed E-state index contributed by atoms with van der Waals surface area (Å²) >= 11 is 0. The lowest BCUT2D eigenvalue weighted by Gasteiger charge is -2.29. The molecule has 162 valence electrons. The molecule has 0 aliphatic carbocycles. The second-order valence-electron chi connectivity index (χ2n) is 8.07. The van der Waals surface area contributed by atoms with Crippen molar-refractivity contribution in [2.75, 3.05) is 31.6 Å². The molecule has 0 atom stereocenters. The Kier molecular flexibility index (Phi) is 6.83. The third-order valence-corrected chi connectivity index (χ3v) is 7.73. The maximum atomic E-state index is 12.8. The number of piperidine rings is 1. The number of hydrogen-bond acceptors (Lipinski definition) is 4. The van der Waals surface area contributed by atoms with Gasteiger partial charge in [0.15, 0.2) is 6.61 Å². The number of rotatable bonds is 6. The largest absolute Gasteiger partial charge is 0.484 e. The van der Waals surface area contributed by atoms with Crippen molar-refractivity contribution in [3.63, 3.8) is 0 Å². The summed E-state index contributed by atoms with van der Waals surface area (Å²) in [4.78, 5) is 14.3. The first-order chi connectivity index (χ1) is 14.2. The zero-order chi connectivity index (χ0) is 21.9. The van der Waals surface area contributed by atoms with E-state index in [9.17, 15) is 13.2 Å². The van der Waals surface area contributed by atoms with Gasteiger partial charge in [-0.05, 0) is 80.1 Å². The Morgan fingerprint density at radius 1 is 1.07 bits per heavy atom. The monoisotopic (exact) mass is 430 g/mol. The van der Waals surface area contributed by atoms with Crippen molar-refractivity contribution in [1.29, 1.82) is 0 Å². The van der Waals surface area contributed by atoms with Crippen molar-refractivity contribution in [2.24, 2.45) is 5.92 Å². The molecule has 2 aromatic carbocycles. The van der Waals surface area contributed by atoms with E-state index in [-0.39, 0.29) is 17.4 Å². The smallest absolute Gasteiger partial charge is 0.264 e. The minimum absolute atomic E-state index is 0.125. The summed E-state index contributed by atoms with van der Waals surface area (Å²) in [5.41, 5.74) is 3.10. The van der Waals surface area contributed by atoms with Crippen molar-refractivity contribution in [1.82, 2.24) is 4.31 Å². The van der Waals surface area contributed by atoms with E-state index in [1.807, 2.05) is 32.0 Å². The summed E-state index contributed by atoms with van der Waals surface area (Å²) in [6.07, 6.45) is 1.77. The second kappa shape index (κ2) is 9.18. The zero-order valence-corrected chi connectivity index (χ0v) is 18.9. The van der Waals surface area contributed by atoms with Gasteiger partial charge in [0.1, 0.15) is 5.75 Å². The van der Waals surface area contributed by atoms with Gasteiger partial charge in [-0.15, -0.1) is 0 Å². The van der Waals surface area contributed by atoms with Crippen LogP contribution in [0.4, 0.5) is 5.69 Å². The maximum Gasteiger partial charge on any atom is 0.264 e. The van der Waals surface area contributed by atoms with Gasteiger partial charge in [-0.1, -0.05) is 13.0 Å². The van der Waals surface area contributed by atoms with Crippen LogP contribution in [0.15, 0.2) is 47.4 Å². The lowest BCUT2D eigenvalue weighted by atomic mass is 10.0. The number of carbonyl (C=O) groups is 1. The molecule has 1 saturated heterocycles. The van der Waals surface area contributed by atoms with Crippen molar-refractivity contribution in [2.45, 2.75) is 38.5 Å². The Morgan fingerprint density at radius 2 is 1.70 bits per heavy atom. The standard InChI is InChI=1S/C23H30N2O4S/c1-17-11-13-25(14-12-17)30(27,28)22-9-7-21(8-10-22)29-16-23(26)24(4)20-6-5-18(2)19(3)15-20/h5-10,15,17H,11-14,16H2,1-4H3. The van der Waals surface area contributed by atoms with Crippen molar-refractivity contribution in [3.05, 3.63) is 53.6 Å². The highest BCUT2D eigenvalue weighted by Crippen LogP contribution is 2.25. The van der Waals surface area contributed by atoms with Gasteiger partial charge in [0, 0.05) is 25.8 Å². The Morgan fingerprint density at radius 3 is 2.30 bits per heavy atom. The number of benzene rings is 2. The summed E-state index contributed by atoms with van der Waals surface area (Å²) < 4.78 is 32.7. The topological polar surface area (TPSA) is 66.9 Å². The van der Waals surface area contributed by atoms with E-state index in [1.165, 1.54) is 5.56 Å². The Hall–Kier alpha value is -2.38.